The van der Waals surface area contributed by atoms with Crippen LogP contribution in [0.5, 0.6) is 0 Å². The number of carbonyl (C=O) groups excluding carboxylic acids is 1. The number of hydrogen-bond donors (Lipinski definition) is 1. The molecule has 1 N–H and O–H groups in total. The SMILES string of the molecule is Cc1cc(C(=O)N(C)C2CCCNCC2)n(C)n1.Cl. The number of hydrogen-bond acceptors (Lipinski definition) is 3. The van der Waals surface area contributed by atoms with Crippen molar-refractivity contribution in [3.8, 4) is 0 Å². The van der Waals surface area contributed by atoms with E-state index >= 15 is 0 Å². The lowest BCUT2D eigenvalue weighted by atomic mass is 10.1. The van der Waals surface area contributed by atoms with E-state index in [9.17, 15) is 4.79 Å². The maximum absolute atomic E-state index is 12.4. The smallest absolute Gasteiger partial charge is 0.272 e. The number of aryl methyl sites for hydroxylation is 2. The maximum Gasteiger partial charge on any atom is 0.272 e. The third-order valence-corrected chi connectivity index (χ3v) is 3.63. The summed E-state index contributed by atoms with van der Waals surface area (Å²) in [7, 11) is 3.73. The van der Waals surface area contributed by atoms with Crippen LogP contribution in [-0.4, -0.2) is 46.8 Å². The molecule has 1 amide bonds. The molecule has 1 atom stereocenters. The normalized spacial score (nSPS) is 19.4. The molecule has 1 aromatic heterocycles. The first-order chi connectivity index (χ1) is 8.59. The molecule has 1 fully saturated rings. The van der Waals surface area contributed by atoms with E-state index in [4.69, 9.17) is 0 Å². The Bertz CT molecular complexity index is 424. The molecular formula is C13H23ClN4O. The van der Waals surface area contributed by atoms with Crippen LogP contribution >= 0.6 is 12.4 Å². The molecule has 0 bridgehead atoms. The van der Waals surface area contributed by atoms with Gasteiger partial charge in [0.2, 0.25) is 0 Å². The van der Waals surface area contributed by atoms with Crippen LogP contribution in [0.2, 0.25) is 0 Å². The molecule has 1 aliphatic heterocycles. The highest BCUT2D eigenvalue weighted by Crippen LogP contribution is 2.15. The molecule has 0 aromatic carbocycles. The molecule has 1 saturated heterocycles. The highest BCUT2D eigenvalue weighted by molar-refractivity contribution is 5.92. The predicted molar refractivity (Wildman–Crippen MR) is 77.8 cm³/mol. The molecular weight excluding hydrogens is 264 g/mol. The van der Waals surface area contributed by atoms with Crippen molar-refractivity contribution in [3.05, 3.63) is 17.5 Å². The molecule has 1 aliphatic rings. The first-order valence-corrected chi connectivity index (χ1v) is 6.58. The van der Waals surface area contributed by atoms with Crippen molar-refractivity contribution in [3.63, 3.8) is 0 Å². The fraction of sp³-hybridized carbons (Fsp3) is 0.692. The molecule has 0 radical (unpaired) electrons. The summed E-state index contributed by atoms with van der Waals surface area (Å²) in [6.45, 7) is 3.96. The van der Waals surface area contributed by atoms with Gasteiger partial charge >= 0.3 is 0 Å². The highest BCUT2D eigenvalue weighted by Gasteiger charge is 2.24. The van der Waals surface area contributed by atoms with E-state index in [-0.39, 0.29) is 18.3 Å². The fourth-order valence-corrected chi connectivity index (χ4v) is 2.55. The number of carbonyl (C=O) groups is 1. The van der Waals surface area contributed by atoms with E-state index < -0.39 is 0 Å². The summed E-state index contributed by atoms with van der Waals surface area (Å²) in [4.78, 5) is 14.3. The maximum atomic E-state index is 12.4. The topological polar surface area (TPSA) is 50.2 Å². The third-order valence-electron chi connectivity index (χ3n) is 3.63. The molecule has 19 heavy (non-hydrogen) atoms. The summed E-state index contributed by atoms with van der Waals surface area (Å²) < 4.78 is 1.67. The van der Waals surface area contributed by atoms with Gasteiger partial charge in [0.15, 0.2) is 0 Å². The van der Waals surface area contributed by atoms with Gasteiger partial charge < -0.3 is 10.2 Å². The first kappa shape index (κ1) is 16.0. The lowest BCUT2D eigenvalue weighted by molar-refractivity contribution is 0.0709. The lowest BCUT2D eigenvalue weighted by Gasteiger charge is -2.26. The quantitative estimate of drug-likeness (QED) is 0.893. The number of amides is 1. The number of halogens is 1. The van der Waals surface area contributed by atoms with Crippen LogP contribution in [0.15, 0.2) is 6.07 Å². The average Bonchev–Trinajstić information content (AvgIpc) is 2.59. The Morgan fingerprint density at radius 3 is 2.84 bits per heavy atom. The predicted octanol–water partition coefficient (Wildman–Crippen LogP) is 1.36. The minimum atomic E-state index is 0. The average molecular weight is 287 g/mol. The van der Waals surface area contributed by atoms with Gasteiger partial charge in [-0.15, -0.1) is 12.4 Å². The van der Waals surface area contributed by atoms with Crippen molar-refractivity contribution in [2.24, 2.45) is 7.05 Å². The fourth-order valence-electron chi connectivity index (χ4n) is 2.55. The Hall–Kier alpha value is -1.07. The Kier molecular flexibility index (Phi) is 5.82. The summed E-state index contributed by atoms with van der Waals surface area (Å²) in [5.41, 5.74) is 1.56. The first-order valence-electron chi connectivity index (χ1n) is 6.58. The third kappa shape index (κ3) is 3.70. The molecule has 0 saturated carbocycles. The van der Waals surface area contributed by atoms with Gasteiger partial charge in [-0.25, -0.2) is 0 Å². The van der Waals surface area contributed by atoms with Crippen LogP contribution < -0.4 is 5.32 Å². The summed E-state index contributed by atoms with van der Waals surface area (Å²) in [5.74, 6) is 0.0741. The zero-order valence-corrected chi connectivity index (χ0v) is 12.7. The largest absolute Gasteiger partial charge is 0.337 e. The number of aromatic nitrogens is 2. The molecule has 2 heterocycles. The summed E-state index contributed by atoms with van der Waals surface area (Å²) in [6.07, 6.45) is 3.23. The van der Waals surface area contributed by atoms with Gasteiger partial charge in [0.05, 0.1) is 5.69 Å². The number of rotatable bonds is 2. The van der Waals surface area contributed by atoms with Crippen molar-refractivity contribution in [1.82, 2.24) is 20.0 Å². The summed E-state index contributed by atoms with van der Waals surface area (Å²) >= 11 is 0. The molecule has 0 aliphatic carbocycles. The van der Waals surface area contributed by atoms with Crippen molar-refractivity contribution < 1.29 is 4.79 Å². The second kappa shape index (κ2) is 6.91. The Morgan fingerprint density at radius 2 is 2.21 bits per heavy atom. The van der Waals surface area contributed by atoms with E-state index in [0.29, 0.717) is 11.7 Å². The van der Waals surface area contributed by atoms with Crippen LogP contribution in [0.25, 0.3) is 0 Å². The monoisotopic (exact) mass is 286 g/mol. The van der Waals surface area contributed by atoms with Gasteiger partial charge in [-0.05, 0) is 45.3 Å². The second-order valence-corrected chi connectivity index (χ2v) is 5.05. The lowest BCUT2D eigenvalue weighted by Crippen LogP contribution is -2.38. The van der Waals surface area contributed by atoms with Crippen LogP contribution in [0.1, 0.15) is 35.4 Å². The van der Waals surface area contributed by atoms with Gasteiger partial charge in [0.1, 0.15) is 5.69 Å². The molecule has 108 valence electrons. The molecule has 1 aromatic rings. The Morgan fingerprint density at radius 1 is 1.47 bits per heavy atom. The molecule has 1 unspecified atom stereocenters. The van der Waals surface area contributed by atoms with Gasteiger partial charge in [-0.3, -0.25) is 9.48 Å². The van der Waals surface area contributed by atoms with Gasteiger partial charge in [-0.2, -0.15) is 5.10 Å². The zero-order valence-electron chi connectivity index (χ0n) is 11.8. The minimum Gasteiger partial charge on any atom is -0.337 e. The van der Waals surface area contributed by atoms with Crippen LogP contribution in [0.4, 0.5) is 0 Å². The van der Waals surface area contributed by atoms with Gasteiger partial charge in [0.25, 0.3) is 5.91 Å². The van der Waals surface area contributed by atoms with E-state index in [1.54, 1.807) is 4.68 Å². The van der Waals surface area contributed by atoms with Crippen LogP contribution in [0.3, 0.4) is 0 Å². The van der Waals surface area contributed by atoms with E-state index in [1.165, 1.54) is 0 Å². The minimum absolute atomic E-state index is 0. The van der Waals surface area contributed by atoms with Crippen molar-refractivity contribution in [2.75, 3.05) is 20.1 Å². The summed E-state index contributed by atoms with van der Waals surface area (Å²) in [6, 6.07) is 2.19. The van der Waals surface area contributed by atoms with Gasteiger partial charge in [-0.1, -0.05) is 0 Å². The van der Waals surface area contributed by atoms with Crippen molar-refractivity contribution in [1.29, 1.82) is 0 Å². The van der Waals surface area contributed by atoms with E-state index in [1.807, 2.05) is 32.0 Å². The van der Waals surface area contributed by atoms with E-state index in [2.05, 4.69) is 10.4 Å². The Labute approximate surface area is 120 Å². The van der Waals surface area contributed by atoms with Crippen LogP contribution in [0, 0.1) is 6.92 Å². The van der Waals surface area contributed by atoms with Crippen LogP contribution in [-0.2, 0) is 7.05 Å². The summed E-state index contributed by atoms with van der Waals surface area (Å²) in [5, 5.41) is 7.61. The molecule has 2 rings (SSSR count). The molecule has 6 heteroatoms. The molecule has 5 nitrogen and oxygen atoms in total. The van der Waals surface area contributed by atoms with Gasteiger partial charge in [0, 0.05) is 20.1 Å². The molecule has 0 spiro atoms. The Balaban J connectivity index is 0.00000180. The zero-order chi connectivity index (χ0) is 13.1. The standard InChI is InChI=1S/C13H22N4O.ClH/c1-10-9-12(17(3)15-10)13(18)16(2)11-5-4-7-14-8-6-11;/h9,11,14H,4-8H2,1-3H3;1H. The van der Waals surface area contributed by atoms with E-state index in [0.717, 1.165) is 38.0 Å². The van der Waals surface area contributed by atoms with Crippen molar-refractivity contribution >= 4 is 18.3 Å². The van der Waals surface area contributed by atoms with Crippen molar-refractivity contribution in [2.45, 2.75) is 32.2 Å². The number of nitrogens with one attached hydrogen (secondary N) is 1. The number of nitrogens with zero attached hydrogens (tertiary/aromatic N) is 3. The second-order valence-electron chi connectivity index (χ2n) is 5.05. The highest BCUT2D eigenvalue weighted by atomic mass is 35.5.